The topological polar surface area (TPSA) is 157 Å². The highest BCUT2D eigenvalue weighted by Gasteiger charge is 2.25. The molecule has 0 bridgehead atoms. The molecule has 13 heteroatoms. The summed E-state index contributed by atoms with van der Waals surface area (Å²) in [6.45, 7) is 5.65. The summed E-state index contributed by atoms with van der Waals surface area (Å²) in [5.41, 5.74) is 8.74. The molecule has 0 spiro atoms. The molecule has 0 saturated carbocycles. The molecule has 5 N–H and O–H groups in total. The number of aromatic amines is 1. The van der Waals surface area contributed by atoms with Gasteiger partial charge in [-0.05, 0) is 49.6 Å². The van der Waals surface area contributed by atoms with Crippen LogP contribution in [0.5, 0.6) is 0 Å². The number of aliphatic carboxylic acids is 1. The molecule has 1 fully saturated rings. The number of hydrogen-bond acceptors (Lipinski definition) is 6. The zero-order chi connectivity index (χ0) is 30.4. The maximum Gasteiger partial charge on any atom is 0.305 e. The Morgan fingerprint density at radius 3 is 2.64 bits per heavy atom. The number of rotatable bonds is 12. The number of imidazole rings is 1. The van der Waals surface area contributed by atoms with E-state index in [4.69, 9.17) is 34.0 Å². The second-order valence-corrected chi connectivity index (χ2v) is 10.9. The fraction of sp³-hybridized carbons (Fsp3) is 0.345. The zero-order valence-corrected chi connectivity index (χ0v) is 24.7. The lowest BCUT2D eigenvalue weighted by Gasteiger charge is -2.23. The van der Waals surface area contributed by atoms with Crippen molar-refractivity contribution in [1.29, 1.82) is 0 Å². The van der Waals surface area contributed by atoms with Gasteiger partial charge < -0.3 is 30.9 Å². The molecular weight excluding hydrogens is 581 g/mol. The highest BCUT2D eigenvalue weighted by molar-refractivity contribution is 6.34. The van der Waals surface area contributed by atoms with Crippen LogP contribution in [0.1, 0.15) is 59.9 Å². The summed E-state index contributed by atoms with van der Waals surface area (Å²) in [6.07, 6.45) is 3.30. The second-order valence-electron chi connectivity index (χ2n) is 10.1. The molecule has 0 radical (unpaired) electrons. The molecule has 2 heterocycles. The fourth-order valence-electron chi connectivity index (χ4n) is 4.82. The number of aromatic nitrogens is 2. The summed E-state index contributed by atoms with van der Waals surface area (Å²) in [5, 5.41) is 13.1. The monoisotopic (exact) mass is 613 g/mol. The largest absolute Gasteiger partial charge is 0.481 e. The van der Waals surface area contributed by atoms with E-state index >= 15 is 0 Å². The first kappa shape index (κ1) is 30.9. The zero-order valence-electron chi connectivity index (χ0n) is 23.2. The lowest BCUT2D eigenvalue weighted by Crippen LogP contribution is -2.30. The first-order valence-corrected chi connectivity index (χ1v) is 14.3. The van der Waals surface area contributed by atoms with Gasteiger partial charge in [-0.25, -0.2) is 9.98 Å². The van der Waals surface area contributed by atoms with Gasteiger partial charge in [0.25, 0.3) is 5.91 Å². The van der Waals surface area contributed by atoms with Crippen LogP contribution in [-0.4, -0.2) is 75.7 Å². The lowest BCUT2D eigenvalue weighted by molar-refractivity contribution is -0.138. The molecule has 222 valence electrons. The molecule has 1 saturated heterocycles. The van der Waals surface area contributed by atoms with Crippen molar-refractivity contribution in [3.8, 4) is 0 Å². The molecular formula is C29H33Cl2N7O4. The fourth-order valence-corrected chi connectivity index (χ4v) is 5.23. The maximum atomic E-state index is 13.1. The SMILES string of the molecule is C=C(NC(CCC(=O)N(C)CCC(=O)O)c1nc2cc(Cl)ccc2[nH]1)c1cc(Cl)c(C(=O)N2CCCC2)cc1/N=C\N. The third-order valence-electron chi connectivity index (χ3n) is 7.12. The third-order valence-corrected chi connectivity index (χ3v) is 7.67. The van der Waals surface area contributed by atoms with E-state index in [-0.39, 0.29) is 36.2 Å². The molecule has 1 atom stereocenters. The van der Waals surface area contributed by atoms with Crippen LogP contribution in [0.15, 0.2) is 41.9 Å². The molecule has 3 aromatic rings. The van der Waals surface area contributed by atoms with E-state index in [0.29, 0.717) is 58.4 Å². The van der Waals surface area contributed by atoms with Crippen molar-refractivity contribution in [2.45, 2.75) is 38.1 Å². The highest BCUT2D eigenvalue weighted by atomic mass is 35.5. The van der Waals surface area contributed by atoms with E-state index in [2.05, 4.69) is 26.9 Å². The van der Waals surface area contributed by atoms with Gasteiger partial charge in [0, 0.05) is 49.4 Å². The van der Waals surface area contributed by atoms with E-state index in [1.807, 2.05) is 6.07 Å². The average Bonchev–Trinajstić information content (AvgIpc) is 3.64. The van der Waals surface area contributed by atoms with E-state index in [0.717, 1.165) is 24.7 Å². The molecule has 1 aliphatic rings. The van der Waals surface area contributed by atoms with Gasteiger partial charge in [-0.1, -0.05) is 29.8 Å². The molecule has 0 aliphatic carbocycles. The number of benzene rings is 2. The number of aliphatic imine (C=N–C) groups is 1. The van der Waals surface area contributed by atoms with Gasteiger partial charge >= 0.3 is 5.97 Å². The van der Waals surface area contributed by atoms with Gasteiger partial charge in [0.05, 0.1) is 46.1 Å². The number of nitrogens with zero attached hydrogens (tertiary/aromatic N) is 4. The van der Waals surface area contributed by atoms with E-state index in [9.17, 15) is 14.4 Å². The van der Waals surface area contributed by atoms with E-state index in [1.54, 1.807) is 36.2 Å². The summed E-state index contributed by atoms with van der Waals surface area (Å²) in [5.74, 6) is -0.811. The number of likely N-dealkylation sites (tertiary alicyclic amines) is 1. The first-order chi connectivity index (χ1) is 20.1. The van der Waals surface area contributed by atoms with Crippen LogP contribution in [0, 0.1) is 0 Å². The minimum absolute atomic E-state index is 0.101. The minimum Gasteiger partial charge on any atom is -0.481 e. The van der Waals surface area contributed by atoms with Crippen LogP contribution in [0.25, 0.3) is 16.7 Å². The number of halogens is 2. The number of carbonyl (C=O) groups is 3. The van der Waals surface area contributed by atoms with Gasteiger partial charge in [-0.3, -0.25) is 14.4 Å². The van der Waals surface area contributed by atoms with Crippen molar-refractivity contribution < 1.29 is 19.5 Å². The number of carboxylic acids is 1. The number of H-pyrrole nitrogens is 1. The van der Waals surface area contributed by atoms with E-state index < -0.39 is 12.0 Å². The van der Waals surface area contributed by atoms with Gasteiger partial charge in [0.1, 0.15) is 5.82 Å². The van der Waals surface area contributed by atoms with Gasteiger partial charge in [-0.2, -0.15) is 0 Å². The molecule has 1 aliphatic heterocycles. The summed E-state index contributed by atoms with van der Waals surface area (Å²) < 4.78 is 0. The predicted molar refractivity (Wildman–Crippen MR) is 164 cm³/mol. The summed E-state index contributed by atoms with van der Waals surface area (Å²) in [6, 6.07) is 8.01. The van der Waals surface area contributed by atoms with E-state index in [1.165, 1.54) is 4.90 Å². The number of carbonyl (C=O) groups excluding carboxylic acids is 2. The Balaban J connectivity index is 1.61. The Morgan fingerprint density at radius 1 is 1.21 bits per heavy atom. The molecule has 42 heavy (non-hydrogen) atoms. The Morgan fingerprint density at radius 2 is 1.95 bits per heavy atom. The molecule has 4 rings (SSSR count). The van der Waals surface area contributed by atoms with Crippen LogP contribution in [0.3, 0.4) is 0 Å². The molecule has 1 unspecified atom stereocenters. The van der Waals surface area contributed by atoms with Gasteiger partial charge in [0.2, 0.25) is 5.91 Å². The molecule has 2 aromatic carbocycles. The van der Waals surface area contributed by atoms with Crippen molar-refractivity contribution in [3.63, 3.8) is 0 Å². The Bertz CT molecular complexity index is 1530. The summed E-state index contributed by atoms with van der Waals surface area (Å²) in [7, 11) is 1.57. The minimum atomic E-state index is -0.978. The van der Waals surface area contributed by atoms with Crippen LogP contribution in [0.2, 0.25) is 10.0 Å². The van der Waals surface area contributed by atoms with Gasteiger partial charge in [-0.15, -0.1) is 0 Å². The molecule has 1 aromatic heterocycles. The second kappa shape index (κ2) is 13.7. The Hall–Kier alpha value is -4.09. The number of fused-ring (bicyclic) bond motifs is 1. The van der Waals surface area contributed by atoms with Crippen LogP contribution in [0.4, 0.5) is 5.69 Å². The average molecular weight is 615 g/mol. The number of hydrogen-bond donors (Lipinski definition) is 4. The molecule has 11 nitrogen and oxygen atoms in total. The molecule has 2 amide bonds. The number of nitrogens with one attached hydrogen (secondary N) is 2. The van der Waals surface area contributed by atoms with Crippen LogP contribution >= 0.6 is 23.2 Å². The third kappa shape index (κ3) is 7.40. The lowest BCUT2D eigenvalue weighted by atomic mass is 10.0. The summed E-state index contributed by atoms with van der Waals surface area (Å²) in [4.78, 5) is 52.2. The van der Waals surface area contributed by atoms with Crippen LogP contribution < -0.4 is 11.1 Å². The van der Waals surface area contributed by atoms with Crippen LogP contribution in [-0.2, 0) is 9.59 Å². The first-order valence-electron chi connectivity index (χ1n) is 13.5. The van der Waals surface area contributed by atoms with Crippen molar-refractivity contribution in [1.82, 2.24) is 25.1 Å². The maximum absolute atomic E-state index is 13.1. The number of amides is 2. The Kier molecular flexibility index (Phi) is 10.1. The van der Waals surface area contributed by atoms with Crippen molar-refractivity contribution in [3.05, 3.63) is 63.9 Å². The van der Waals surface area contributed by atoms with Gasteiger partial charge in [0.15, 0.2) is 0 Å². The quantitative estimate of drug-likeness (QED) is 0.170. The standard InChI is InChI=1S/C29H33Cl2N7O4/c1-17(19-14-21(31)20(15-24(19)33-16-32)29(42)38-10-3-4-11-38)34-23(7-8-26(39)37(2)12-9-27(40)41)28-35-22-6-5-18(30)13-25(22)36-28/h5-6,13-16,23,34H,1,3-4,7-12H2,2H3,(H2,32,33)(H,35,36)(H,40,41). The summed E-state index contributed by atoms with van der Waals surface area (Å²) >= 11 is 12.8. The predicted octanol–water partition coefficient (Wildman–Crippen LogP) is 4.74. The van der Waals surface area contributed by atoms with Crippen molar-refractivity contribution in [2.24, 2.45) is 10.7 Å². The van der Waals surface area contributed by atoms with Crippen molar-refractivity contribution in [2.75, 3.05) is 26.7 Å². The van der Waals surface area contributed by atoms with Crippen molar-refractivity contribution >= 4 is 69.7 Å². The highest BCUT2D eigenvalue weighted by Crippen LogP contribution is 2.34. The Labute approximate surface area is 253 Å². The normalized spacial score (nSPS) is 13.9. The smallest absolute Gasteiger partial charge is 0.305 e. The number of nitrogens with two attached hydrogens (primary N) is 1. The number of carboxylic acid groups (broad SMARTS) is 1.